The number of aromatic nitrogens is 1. The molecule has 22 heavy (non-hydrogen) atoms. The van der Waals surface area contributed by atoms with Crippen LogP contribution < -0.4 is 4.74 Å². The molecule has 1 aromatic heterocycles. The van der Waals surface area contributed by atoms with Gasteiger partial charge in [0.05, 0.1) is 6.07 Å². The fourth-order valence-corrected chi connectivity index (χ4v) is 2.01. The van der Waals surface area contributed by atoms with Gasteiger partial charge in [0, 0.05) is 0 Å². The Kier molecular flexibility index (Phi) is 3.87. The van der Waals surface area contributed by atoms with Crippen LogP contribution in [0.15, 0.2) is 65.2 Å². The highest BCUT2D eigenvalue weighted by Crippen LogP contribution is 2.20. The maximum Gasteiger partial charge on any atom is 0.358 e. The Hall–Kier alpha value is -3.08. The van der Waals surface area contributed by atoms with Gasteiger partial charge in [-0.3, -0.25) is 0 Å². The Balaban J connectivity index is 1.65. The average Bonchev–Trinajstić information content (AvgIpc) is 3.04. The number of hydrogen-bond donors (Lipinski definition) is 1. The first-order chi connectivity index (χ1) is 10.7. The Morgan fingerprint density at radius 1 is 1.05 bits per heavy atom. The van der Waals surface area contributed by atoms with Crippen LogP contribution in [0.2, 0.25) is 0 Å². The van der Waals surface area contributed by atoms with Crippen molar-refractivity contribution >= 4 is 5.97 Å². The quantitative estimate of drug-likeness (QED) is 0.778. The number of nitrogens with zero attached hydrogens (tertiary/aromatic N) is 1. The van der Waals surface area contributed by atoms with E-state index in [1.807, 2.05) is 54.6 Å². The van der Waals surface area contributed by atoms with Crippen molar-refractivity contribution in [3.8, 4) is 17.1 Å². The van der Waals surface area contributed by atoms with Crippen LogP contribution in [0.3, 0.4) is 0 Å². The van der Waals surface area contributed by atoms with Gasteiger partial charge in [0.1, 0.15) is 6.61 Å². The van der Waals surface area contributed by atoms with Crippen molar-refractivity contribution in [2.75, 3.05) is 0 Å². The molecule has 3 aromatic rings. The summed E-state index contributed by atoms with van der Waals surface area (Å²) in [4.78, 5) is 10.7. The molecule has 5 heteroatoms. The van der Waals surface area contributed by atoms with Gasteiger partial charge in [-0.2, -0.15) is 0 Å². The number of carboxylic acid groups (broad SMARTS) is 1. The molecule has 0 amide bonds. The van der Waals surface area contributed by atoms with Crippen molar-refractivity contribution in [1.29, 1.82) is 0 Å². The summed E-state index contributed by atoms with van der Waals surface area (Å²) in [5.41, 5.74) is 3.05. The predicted octanol–water partition coefficient (Wildman–Crippen LogP) is 3.62. The summed E-state index contributed by atoms with van der Waals surface area (Å²) in [6.45, 7) is 0.281. The van der Waals surface area contributed by atoms with Crippen molar-refractivity contribution in [3.05, 3.63) is 71.9 Å². The van der Waals surface area contributed by atoms with Gasteiger partial charge >= 0.3 is 11.9 Å². The first kappa shape index (κ1) is 13.9. The third-order valence-corrected chi connectivity index (χ3v) is 3.15. The van der Waals surface area contributed by atoms with Crippen molar-refractivity contribution in [3.63, 3.8) is 0 Å². The summed E-state index contributed by atoms with van der Waals surface area (Å²) in [7, 11) is 0. The molecule has 0 spiro atoms. The average molecular weight is 295 g/mol. The van der Waals surface area contributed by atoms with Crippen LogP contribution in [0, 0.1) is 0 Å². The monoisotopic (exact) mass is 295 g/mol. The van der Waals surface area contributed by atoms with E-state index in [-0.39, 0.29) is 18.2 Å². The molecule has 0 aliphatic heterocycles. The molecule has 0 fully saturated rings. The fraction of sp³-hybridized carbons (Fsp3) is 0.0588. The van der Waals surface area contributed by atoms with E-state index in [2.05, 4.69) is 5.16 Å². The Labute approximate surface area is 126 Å². The van der Waals surface area contributed by atoms with E-state index in [1.165, 1.54) is 6.07 Å². The summed E-state index contributed by atoms with van der Waals surface area (Å²) in [6, 6.07) is 19.3. The smallest absolute Gasteiger partial charge is 0.358 e. The van der Waals surface area contributed by atoms with E-state index >= 15 is 0 Å². The minimum absolute atomic E-state index is 0.0875. The zero-order valence-corrected chi connectivity index (χ0v) is 11.6. The Bertz CT molecular complexity index is 763. The van der Waals surface area contributed by atoms with Crippen LogP contribution in [0.25, 0.3) is 11.1 Å². The number of aromatic carboxylic acids is 1. The van der Waals surface area contributed by atoms with Gasteiger partial charge in [-0.05, 0) is 16.7 Å². The molecule has 1 N–H and O–H groups in total. The molecular weight excluding hydrogens is 282 g/mol. The number of rotatable bonds is 5. The van der Waals surface area contributed by atoms with Crippen LogP contribution in [-0.2, 0) is 6.61 Å². The van der Waals surface area contributed by atoms with Gasteiger partial charge in [0.15, 0.2) is 5.69 Å². The van der Waals surface area contributed by atoms with E-state index in [9.17, 15) is 4.79 Å². The lowest BCUT2D eigenvalue weighted by molar-refractivity contribution is 0.0685. The molecule has 1 heterocycles. The van der Waals surface area contributed by atoms with E-state index in [0.29, 0.717) is 0 Å². The van der Waals surface area contributed by atoms with Gasteiger partial charge in [0.2, 0.25) is 0 Å². The molecule has 0 aliphatic rings. The molecule has 0 atom stereocenters. The van der Waals surface area contributed by atoms with Crippen molar-refractivity contribution in [1.82, 2.24) is 5.16 Å². The van der Waals surface area contributed by atoms with Gasteiger partial charge < -0.3 is 14.4 Å². The Morgan fingerprint density at radius 2 is 1.73 bits per heavy atom. The van der Waals surface area contributed by atoms with Gasteiger partial charge in [-0.1, -0.05) is 59.8 Å². The first-order valence-electron chi connectivity index (χ1n) is 6.69. The molecule has 0 saturated heterocycles. The summed E-state index contributed by atoms with van der Waals surface area (Å²) >= 11 is 0. The first-order valence-corrected chi connectivity index (χ1v) is 6.69. The second-order valence-corrected chi connectivity index (χ2v) is 4.69. The molecule has 5 nitrogen and oxygen atoms in total. The molecular formula is C17H13NO4. The lowest BCUT2D eigenvalue weighted by atomic mass is 10.0. The lowest BCUT2D eigenvalue weighted by Crippen LogP contribution is -1.95. The topological polar surface area (TPSA) is 72.6 Å². The molecule has 110 valence electrons. The summed E-state index contributed by atoms with van der Waals surface area (Å²) < 4.78 is 10.2. The minimum atomic E-state index is -1.15. The zero-order valence-electron chi connectivity index (χ0n) is 11.6. The maximum atomic E-state index is 10.7. The normalized spacial score (nSPS) is 10.4. The molecule has 0 radical (unpaired) electrons. The van der Waals surface area contributed by atoms with Crippen LogP contribution in [0.5, 0.6) is 5.95 Å². The predicted molar refractivity (Wildman–Crippen MR) is 79.7 cm³/mol. The van der Waals surface area contributed by atoms with E-state index in [1.54, 1.807) is 0 Å². The minimum Gasteiger partial charge on any atom is -0.476 e. The molecule has 0 saturated carbocycles. The fourth-order valence-electron chi connectivity index (χ4n) is 2.01. The van der Waals surface area contributed by atoms with Crippen LogP contribution in [0.4, 0.5) is 0 Å². The highest BCUT2D eigenvalue weighted by molar-refractivity contribution is 5.85. The maximum absolute atomic E-state index is 10.7. The van der Waals surface area contributed by atoms with Gasteiger partial charge in [-0.15, -0.1) is 0 Å². The standard InChI is InChI=1S/C17H13NO4/c19-17(20)15-10-16(22-18-15)21-11-12-6-8-14(9-7-12)13-4-2-1-3-5-13/h1-10H,11H2,(H,19,20). The Morgan fingerprint density at radius 3 is 2.36 bits per heavy atom. The highest BCUT2D eigenvalue weighted by Gasteiger charge is 2.11. The van der Waals surface area contributed by atoms with Crippen LogP contribution >= 0.6 is 0 Å². The number of carbonyl (C=O) groups is 1. The van der Waals surface area contributed by atoms with E-state index in [0.717, 1.165) is 16.7 Å². The number of carboxylic acids is 1. The largest absolute Gasteiger partial charge is 0.476 e. The molecule has 0 bridgehead atoms. The molecule has 0 unspecified atom stereocenters. The molecule has 2 aromatic carbocycles. The number of ether oxygens (including phenoxy) is 1. The number of benzene rings is 2. The van der Waals surface area contributed by atoms with Crippen LogP contribution in [-0.4, -0.2) is 16.2 Å². The lowest BCUT2D eigenvalue weighted by Gasteiger charge is -2.05. The molecule has 0 aliphatic carbocycles. The summed E-state index contributed by atoms with van der Waals surface area (Å²) in [6.07, 6.45) is 0. The van der Waals surface area contributed by atoms with Crippen molar-refractivity contribution < 1.29 is 19.2 Å². The second-order valence-electron chi connectivity index (χ2n) is 4.69. The van der Waals surface area contributed by atoms with Gasteiger partial charge in [0.25, 0.3) is 0 Å². The SMILES string of the molecule is O=C(O)c1cc(OCc2ccc(-c3ccccc3)cc2)on1. The van der Waals surface area contributed by atoms with Crippen LogP contribution in [0.1, 0.15) is 16.1 Å². The number of hydrogen-bond acceptors (Lipinski definition) is 4. The summed E-state index contributed by atoms with van der Waals surface area (Å²) in [5, 5.41) is 12.1. The second kappa shape index (κ2) is 6.13. The molecule has 3 rings (SSSR count). The van der Waals surface area contributed by atoms with E-state index in [4.69, 9.17) is 14.4 Å². The van der Waals surface area contributed by atoms with Gasteiger partial charge in [-0.25, -0.2) is 4.79 Å². The highest BCUT2D eigenvalue weighted by atomic mass is 16.6. The summed E-state index contributed by atoms with van der Waals surface area (Å²) in [5.74, 6) is -1.06. The van der Waals surface area contributed by atoms with Crippen molar-refractivity contribution in [2.45, 2.75) is 6.61 Å². The van der Waals surface area contributed by atoms with E-state index < -0.39 is 5.97 Å². The van der Waals surface area contributed by atoms with Crippen molar-refractivity contribution in [2.24, 2.45) is 0 Å². The zero-order chi connectivity index (χ0) is 15.4. The third-order valence-electron chi connectivity index (χ3n) is 3.15. The third kappa shape index (κ3) is 3.15.